The molecule has 0 radical (unpaired) electrons. The minimum atomic E-state index is -1.13. The first kappa shape index (κ1) is 32.0. The minimum absolute atomic E-state index is 0.0920. The maximum absolute atomic E-state index is 10.9. The average molecular weight is 629 g/mol. The fourth-order valence-corrected chi connectivity index (χ4v) is 13.6. The summed E-state index contributed by atoms with van der Waals surface area (Å²) in [6.45, 7) is 20.8. The summed E-state index contributed by atoms with van der Waals surface area (Å²) in [7, 11) is 0. The second-order valence-corrected chi connectivity index (χ2v) is 19.1. The number of hydrogen-bond acceptors (Lipinski definition) is 7. The zero-order valence-corrected chi connectivity index (χ0v) is 29.5. The predicted octanol–water partition coefficient (Wildman–Crippen LogP) is 5.46. The molecular weight excluding hydrogens is 564 g/mol. The van der Waals surface area contributed by atoms with Crippen molar-refractivity contribution in [3.63, 3.8) is 0 Å². The average Bonchev–Trinajstić information content (AvgIpc) is 3.52. The van der Waals surface area contributed by atoms with E-state index in [1.807, 2.05) is 0 Å². The highest BCUT2D eigenvalue weighted by atomic mass is 16.7. The highest BCUT2D eigenvalue weighted by Crippen LogP contribution is 2.87. The van der Waals surface area contributed by atoms with E-state index in [1.54, 1.807) is 13.8 Å². The predicted molar refractivity (Wildman–Crippen MR) is 175 cm³/mol. The third-order valence-corrected chi connectivity index (χ3v) is 16.2. The second kappa shape index (κ2) is 10.6. The van der Waals surface area contributed by atoms with Crippen molar-refractivity contribution in [2.75, 3.05) is 32.8 Å². The van der Waals surface area contributed by atoms with Crippen molar-refractivity contribution in [2.45, 2.75) is 161 Å². The minimum Gasteiger partial charge on any atom is -0.388 e. The number of ether oxygens (including phenoxy) is 3. The monoisotopic (exact) mass is 628 g/mol. The van der Waals surface area contributed by atoms with E-state index in [2.05, 4.69) is 44.4 Å². The van der Waals surface area contributed by atoms with E-state index in [1.165, 1.54) is 58.0 Å². The van der Waals surface area contributed by atoms with Crippen molar-refractivity contribution in [3.05, 3.63) is 0 Å². The highest BCUT2D eigenvalue weighted by Gasteiger charge is 2.80. The zero-order chi connectivity index (χ0) is 31.7. The molecule has 3 heterocycles. The van der Waals surface area contributed by atoms with Gasteiger partial charge in [0.1, 0.15) is 6.10 Å². The van der Waals surface area contributed by atoms with Gasteiger partial charge in [-0.25, -0.2) is 0 Å². The summed E-state index contributed by atoms with van der Waals surface area (Å²) in [6.07, 6.45) is 11.9. The molecule has 3 aliphatic heterocycles. The Hall–Kier alpha value is -0.280. The topological polar surface area (TPSA) is 74.6 Å². The molecular formula is C38H64N2O5. The third kappa shape index (κ3) is 4.66. The molecule has 3 saturated heterocycles. The Morgan fingerprint density at radius 2 is 1.64 bits per heavy atom. The van der Waals surface area contributed by atoms with Crippen LogP contribution in [-0.4, -0.2) is 101 Å². The molecule has 45 heavy (non-hydrogen) atoms. The number of rotatable bonds is 6. The number of aliphatic hydroxyl groups is 2. The van der Waals surface area contributed by atoms with Gasteiger partial charge in [0.2, 0.25) is 0 Å². The van der Waals surface area contributed by atoms with Gasteiger partial charge in [0.15, 0.2) is 6.29 Å². The molecule has 5 saturated carbocycles. The van der Waals surface area contributed by atoms with E-state index in [-0.39, 0.29) is 30.0 Å². The summed E-state index contributed by atoms with van der Waals surface area (Å²) in [4.78, 5) is 5.21. The first-order valence-electron chi connectivity index (χ1n) is 19.0. The lowest BCUT2D eigenvalue weighted by Crippen LogP contribution is -2.64. The summed E-state index contributed by atoms with van der Waals surface area (Å²) in [5, 5.41) is 21.4. The van der Waals surface area contributed by atoms with Gasteiger partial charge < -0.3 is 24.4 Å². The zero-order valence-electron chi connectivity index (χ0n) is 29.5. The van der Waals surface area contributed by atoms with Gasteiger partial charge in [0, 0.05) is 38.3 Å². The van der Waals surface area contributed by atoms with Gasteiger partial charge in [0.05, 0.1) is 30.5 Å². The Labute approximate surface area is 273 Å². The van der Waals surface area contributed by atoms with Crippen LogP contribution in [0.25, 0.3) is 0 Å². The van der Waals surface area contributed by atoms with Gasteiger partial charge in [-0.3, -0.25) is 9.80 Å². The summed E-state index contributed by atoms with van der Waals surface area (Å²) >= 11 is 0. The van der Waals surface area contributed by atoms with Crippen molar-refractivity contribution in [2.24, 2.45) is 45.3 Å². The van der Waals surface area contributed by atoms with E-state index < -0.39 is 11.7 Å². The van der Waals surface area contributed by atoms with E-state index in [4.69, 9.17) is 14.2 Å². The summed E-state index contributed by atoms with van der Waals surface area (Å²) in [5.41, 5.74) is 0.415. The van der Waals surface area contributed by atoms with Crippen LogP contribution in [0.2, 0.25) is 0 Å². The largest absolute Gasteiger partial charge is 0.388 e. The van der Waals surface area contributed by atoms with Crippen LogP contribution in [0.5, 0.6) is 0 Å². The number of nitrogens with zero attached hydrogens (tertiary/aromatic N) is 2. The summed E-state index contributed by atoms with van der Waals surface area (Å²) in [6, 6.07) is 1.30. The Balaban J connectivity index is 0.939. The second-order valence-electron chi connectivity index (χ2n) is 19.1. The molecule has 0 aromatic heterocycles. The van der Waals surface area contributed by atoms with Crippen molar-refractivity contribution >= 4 is 0 Å². The van der Waals surface area contributed by atoms with Crippen LogP contribution in [0.3, 0.4) is 0 Å². The van der Waals surface area contributed by atoms with Gasteiger partial charge in [-0.1, -0.05) is 20.8 Å². The molecule has 256 valence electrons. The number of fused-ring (bicyclic) bond motifs is 4. The maximum atomic E-state index is 10.9. The van der Waals surface area contributed by atoms with Gasteiger partial charge in [-0.05, 0) is 137 Å². The Bertz CT molecular complexity index is 1130. The lowest BCUT2D eigenvalue weighted by atomic mass is 9.46. The van der Waals surface area contributed by atoms with Gasteiger partial charge in [-0.15, -0.1) is 0 Å². The van der Waals surface area contributed by atoms with Crippen LogP contribution in [0.1, 0.15) is 113 Å². The summed E-state index contributed by atoms with van der Waals surface area (Å²) in [5.74, 6) is 2.88. The van der Waals surface area contributed by atoms with E-state index in [9.17, 15) is 10.2 Å². The molecule has 8 aliphatic rings. The van der Waals surface area contributed by atoms with Crippen LogP contribution in [0.15, 0.2) is 0 Å². The van der Waals surface area contributed by atoms with Crippen LogP contribution < -0.4 is 0 Å². The number of hydrogen-bond donors (Lipinski definition) is 2. The van der Waals surface area contributed by atoms with Crippen LogP contribution in [0.4, 0.5) is 0 Å². The number of aliphatic hydroxyl groups excluding tert-OH is 1. The lowest BCUT2D eigenvalue weighted by Gasteiger charge is -2.60. The molecule has 0 amide bonds. The number of morpholine rings is 1. The standard InChI is InChI=1S/C38H64N2O5/c1-23(2)40-19-24(20-40)39-16-17-43-32(21-39)45-31-12-13-38-22-37(38)15-14-36(7)26-8-10-28(33(41)35(5,6)42)44-29(26)18-27(36)25(37)9-11-30(38)34(31,3)4/h23-33,41-42H,8-22H2,1-7H3/t25?,26?,27?,28?,29?,30?,31-,32?,33-,36+,37-,38?/m0/s1. The first-order valence-corrected chi connectivity index (χ1v) is 19.0. The van der Waals surface area contributed by atoms with Crippen LogP contribution in [0, 0.1) is 45.3 Å². The Morgan fingerprint density at radius 1 is 0.889 bits per heavy atom. The van der Waals surface area contributed by atoms with Crippen molar-refractivity contribution < 1.29 is 24.4 Å². The molecule has 5 aliphatic carbocycles. The summed E-state index contributed by atoms with van der Waals surface area (Å²) < 4.78 is 20.0. The van der Waals surface area contributed by atoms with E-state index in [0.717, 1.165) is 56.7 Å². The Kier molecular flexibility index (Phi) is 7.53. The lowest BCUT2D eigenvalue weighted by molar-refractivity contribution is -0.250. The van der Waals surface area contributed by atoms with Crippen LogP contribution in [-0.2, 0) is 14.2 Å². The molecule has 0 aromatic carbocycles. The third-order valence-electron chi connectivity index (χ3n) is 16.2. The molecule has 8 fully saturated rings. The molecule has 7 heteroatoms. The highest BCUT2D eigenvalue weighted by molar-refractivity contribution is 5.29. The molecule has 2 N–H and O–H groups in total. The molecule has 8 rings (SSSR count). The van der Waals surface area contributed by atoms with E-state index in [0.29, 0.717) is 34.2 Å². The molecule has 2 spiro atoms. The normalized spacial score (nSPS) is 50.5. The van der Waals surface area contributed by atoms with Crippen molar-refractivity contribution in [1.82, 2.24) is 9.80 Å². The quantitative estimate of drug-likeness (QED) is 0.405. The van der Waals surface area contributed by atoms with Gasteiger partial charge >= 0.3 is 0 Å². The fraction of sp³-hybridized carbons (Fsp3) is 1.00. The number of likely N-dealkylation sites (tertiary alicyclic amines) is 1. The molecule has 12 atom stereocenters. The fourth-order valence-electron chi connectivity index (χ4n) is 13.6. The molecule has 0 bridgehead atoms. The van der Waals surface area contributed by atoms with Crippen molar-refractivity contribution in [1.29, 1.82) is 0 Å². The van der Waals surface area contributed by atoms with Crippen molar-refractivity contribution in [3.8, 4) is 0 Å². The SMILES string of the molecule is CC(C)N1CC(N2CCOC(O[C@H]3CCC45C[C@]46CC[C@]4(C)C7CCC([C@H](O)C(C)(C)O)OC7CC4C6CCC5C3(C)C)C2)C1. The molecule has 7 nitrogen and oxygen atoms in total. The van der Waals surface area contributed by atoms with Gasteiger partial charge in [-0.2, -0.15) is 0 Å². The Morgan fingerprint density at radius 3 is 2.38 bits per heavy atom. The molecule has 0 aromatic rings. The first-order chi connectivity index (χ1) is 21.2. The smallest absolute Gasteiger partial charge is 0.170 e. The van der Waals surface area contributed by atoms with E-state index >= 15 is 0 Å². The van der Waals surface area contributed by atoms with Gasteiger partial charge in [0.25, 0.3) is 0 Å². The molecule has 8 unspecified atom stereocenters. The maximum Gasteiger partial charge on any atom is 0.170 e. The van der Waals surface area contributed by atoms with Crippen LogP contribution >= 0.6 is 0 Å².